The monoisotopic (exact) mass is 180 g/mol. The van der Waals surface area contributed by atoms with E-state index in [1.165, 1.54) is 0 Å². The van der Waals surface area contributed by atoms with Crippen LogP contribution in [0.15, 0.2) is 4.79 Å². The number of aromatic nitrogens is 2. The Balaban J connectivity index is 3.56. The molecule has 0 bridgehead atoms. The van der Waals surface area contributed by atoms with Gasteiger partial charge in [0.25, 0.3) is 5.56 Å². The zero-order valence-electron chi connectivity index (χ0n) is 8.88. The Morgan fingerprint density at radius 1 is 1.15 bits per heavy atom. The summed E-state index contributed by atoms with van der Waals surface area (Å²) in [5, 5.41) is 0. The quantitative estimate of drug-likeness (QED) is 0.660. The van der Waals surface area contributed by atoms with Crippen LogP contribution in [0.2, 0.25) is 0 Å². The fourth-order valence-electron chi connectivity index (χ4n) is 1.50. The second-order valence-electron chi connectivity index (χ2n) is 3.64. The van der Waals surface area contributed by atoms with Crippen LogP contribution in [-0.2, 0) is 0 Å². The minimum Gasteiger partial charge on any atom is -0.307 e. The number of nitrogens with zero attached hydrogens (tertiary/aromatic N) is 2. The van der Waals surface area contributed by atoms with Gasteiger partial charge in [-0.3, -0.25) is 9.78 Å². The maximum atomic E-state index is 11.7. The van der Waals surface area contributed by atoms with Crippen LogP contribution in [0.4, 0.5) is 0 Å². The molecule has 0 fully saturated rings. The zero-order valence-corrected chi connectivity index (χ0v) is 8.88. The first kappa shape index (κ1) is 9.96. The summed E-state index contributed by atoms with van der Waals surface area (Å²) in [6, 6.07) is 0.202. The first-order valence-electron chi connectivity index (χ1n) is 4.51. The van der Waals surface area contributed by atoms with E-state index >= 15 is 0 Å². The lowest BCUT2D eigenvalue weighted by atomic mass is 10.2. The lowest BCUT2D eigenvalue weighted by Gasteiger charge is -2.15. The van der Waals surface area contributed by atoms with Crippen LogP contribution in [-0.4, -0.2) is 9.55 Å². The molecule has 0 spiro atoms. The summed E-state index contributed by atoms with van der Waals surface area (Å²) in [6.07, 6.45) is 0. The molecule has 0 amide bonds. The molecule has 1 rings (SSSR count). The van der Waals surface area contributed by atoms with Crippen LogP contribution in [0.1, 0.15) is 37.0 Å². The zero-order chi connectivity index (χ0) is 10.2. The van der Waals surface area contributed by atoms with Gasteiger partial charge >= 0.3 is 0 Å². The molecule has 0 unspecified atom stereocenters. The van der Waals surface area contributed by atoms with Crippen LogP contribution in [0.5, 0.6) is 0 Å². The van der Waals surface area contributed by atoms with Crippen LogP contribution < -0.4 is 5.56 Å². The first-order chi connectivity index (χ1) is 5.95. The van der Waals surface area contributed by atoms with Gasteiger partial charge in [0, 0.05) is 11.7 Å². The largest absolute Gasteiger partial charge is 0.307 e. The van der Waals surface area contributed by atoms with Gasteiger partial charge in [-0.1, -0.05) is 0 Å². The summed E-state index contributed by atoms with van der Waals surface area (Å²) in [5.74, 6) is 0. The van der Waals surface area contributed by atoms with Gasteiger partial charge in [-0.05, 0) is 34.6 Å². The molecule has 1 heterocycles. The fraction of sp³-hybridized carbons (Fsp3) is 0.600. The van der Waals surface area contributed by atoms with Gasteiger partial charge in [-0.25, -0.2) is 0 Å². The Morgan fingerprint density at radius 3 is 2.15 bits per heavy atom. The summed E-state index contributed by atoms with van der Waals surface area (Å²) in [4.78, 5) is 15.9. The molecule has 72 valence electrons. The van der Waals surface area contributed by atoms with Crippen molar-refractivity contribution in [3.63, 3.8) is 0 Å². The Labute approximate surface area is 78.4 Å². The second kappa shape index (κ2) is 3.32. The Bertz CT molecular complexity index is 377. The van der Waals surface area contributed by atoms with Gasteiger partial charge in [0.05, 0.1) is 5.69 Å². The number of aryl methyl sites for hydroxylation is 2. The molecule has 0 atom stereocenters. The molecule has 0 saturated heterocycles. The lowest BCUT2D eigenvalue weighted by molar-refractivity contribution is 0.549. The molecule has 0 saturated carbocycles. The summed E-state index contributed by atoms with van der Waals surface area (Å²) >= 11 is 0. The third-order valence-corrected chi connectivity index (χ3v) is 2.27. The van der Waals surface area contributed by atoms with Crippen LogP contribution in [0.3, 0.4) is 0 Å². The first-order valence-corrected chi connectivity index (χ1v) is 4.51. The van der Waals surface area contributed by atoms with Crippen molar-refractivity contribution in [3.8, 4) is 0 Å². The molecule has 3 heteroatoms. The van der Waals surface area contributed by atoms with Crippen LogP contribution >= 0.6 is 0 Å². The van der Waals surface area contributed by atoms with E-state index < -0.39 is 0 Å². The molecule has 0 N–H and O–H groups in total. The normalized spacial score (nSPS) is 10.9. The van der Waals surface area contributed by atoms with Gasteiger partial charge < -0.3 is 4.57 Å². The predicted molar refractivity (Wildman–Crippen MR) is 53.1 cm³/mol. The van der Waals surface area contributed by atoms with E-state index in [1.54, 1.807) is 11.5 Å². The molecule has 0 aliphatic heterocycles. The van der Waals surface area contributed by atoms with Crippen molar-refractivity contribution in [2.45, 2.75) is 40.7 Å². The molecule has 0 aliphatic carbocycles. The Hall–Kier alpha value is -1.12. The smallest absolute Gasteiger partial charge is 0.272 e. The minimum atomic E-state index is 0.0260. The number of hydrogen-bond donors (Lipinski definition) is 0. The van der Waals surface area contributed by atoms with E-state index in [0.29, 0.717) is 5.69 Å². The highest BCUT2D eigenvalue weighted by Crippen LogP contribution is 2.08. The van der Waals surface area contributed by atoms with Gasteiger partial charge in [-0.15, -0.1) is 0 Å². The van der Waals surface area contributed by atoms with E-state index in [9.17, 15) is 4.79 Å². The maximum absolute atomic E-state index is 11.7. The third kappa shape index (κ3) is 1.64. The van der Waals surface area contributed by atoms with E-state index in [4.69, 9.17) is 0 Å². The summed E-state index contributed by atoms with van der Waals surface area (Å²) in [5.41, 5.74) is 2.51. The van der Waals surface area contributed by atoms with Crippen LogP contribution in [0, 0.1) is 20.8 Å². The van der Waals surface area contributed by atoms with Crippen molar-refractivity contribution in [1.29, 1.82) is 0 Å². The molecule has 0 radical (unpaired) electrons. The molecule has 0 aliphatic rings. The standard InChI is InChI=1S/C10H16N2O/c1-6(2)12-9(5)7(3)11-8(4)10(12)13/h6H,1-5H3. The van der Waals surface area contributed by atoms with Crippen molar-refractivity contribution in [2.24, 2.45) is 0 Å². The highest BCUT2D eigenvalue weighted by atomic mass is 16.1. The molecule has 1 aromatic heterocycles. The van der Waals surface area contributed by atoms with Crippen molar-refractivity contribution < 1.29 is 0 Å². The topological polar surface area (TPSA) is 34.9 Å². The summed E-state index contributed by atoms with van der Waals surface area (Å²) in [6.45, 7) is 9.64. The molecular formula is C10H16N2O. The second-order valence-corrected chi connectivity index (χ2v) is 3.64. The van der Waals surface area contributed by atoms with E-state index in [-0.39, 0.29) is 11.6 Å². The molecular weight excluding hydrogens is 164 g/mol. The molecule has 0 aromatic carbocycles. The third-order valence-electron chi connectivity index (χ3n) is 2.27. The average Bonchev–Trinajstić information content (AvgIpc) is 2.01. The molecule has 13 heavy (non-hydrogen) atoms. The fourth-order valence-corrected chi connectivity index (χ4v) is 1.50. The lowest BCUT2D eigenvalue weighted by Crippen LogP contribution is -2.28. The SMILES string of the molecule is Cc1nc(C)c(=O)n(C(C)C)c1C. The predicted octanol–water partition coefficient (Wildman–Crippen LogP) is 1.75. The van der Waals surface area contributed by atoms with E-state index in [1.807, 2.05) is 27.7 Å². The van der Waals surface area contributed by atoms with Gasteiger partial charge in [-0.2, -0.15) is 0 Å². The van der Waals surface area contributed by atoms with Crippen molar-refractivity contribution in [1.82, 2.24) is 9.55 Å². The highest BCUT2D eigenvalue weighted by molar-refractivity contribution is 5.13. The molecule has 3 nitrogen and oxygen atoms in total. The van der Waals surface area contributed by atoms with Gasteiger partial charge in [0.1, 0.15) is 5.69 Å². The number of rotatable bonds is 1. The molecule has 1 aromatic rings. The summed E-state index contributed by atoms with van der Waals surface area (Å²) < 4.78 is 1.79. The van der Waals surface area contributed by atoms with Crippen molar-refractivity contribution in [2.75, 3.05) is 0 Å². The van der Waals surface area contributed by atoms with Gasteiger partial charge in [0.2, 0.25) is 0 Å². The van der Waals surface area contributed by atoms with Gasteiger partial charge in [0.15, 0.2) is 0 Å². The van der Waals surface area contributed by atoms with Crippen LogP contribution in [0.25, 0.3) is 0 Å². The van der Waals surface area contributed by atoms with E-state index in [2.05, 4.69) is 4.98 Å². The van der Waals surface area contributed by atoms with E-state index in [0.717, 1.165) is 11.4 Å². The minimum absolute atomic E-state index is 0.0260. The van der Waals surface area contributed by atoms with Crippen molar-refractivity contribution >= 4 is 0 Å². The average molecular weight is 180 g/mol. The maximum Gasteiger partial charge on any atom is 0.272 e. The Morgan fingerprint density at radius 2 is 1.69 bits per heavy atom. The number of hydrogen-bond acceptors (Lipinski definition) is 2. The van der Waals surface area contributed by atoms with Crippen molar-refractivity contribution in [3.05, 3.63) is 27.4 Å². The Kier molecular flexibility index (Phi) is 2.55. The summed E-state index contributed by atoms with van der Waals surface area (Å²) in [7, 11) is 0. The highest BCUT2D eigenvalue weighted by Gasteiger charge is 2.09.